The number of amides is 1. The Morgan fingerprint density at radius 1 is 1.29 bits per heavy atom. The van der Waals surface area contributed by atoms with Gasteiger partial charge < -0.3 is 14.8 Å². The highest BCUT2D eigenvalue weighted by atomic mass is 16.5. The van der Waals surface area contributed by atoms with E-state index in [-0.39, 0.29) is 18.1 Å². The Morgan fingerprint density at radius 2 is 2.17 bits per heavy atom. The largest absolute Gasteiger partial charge is 0.483 e. The van der Waals surface area contributed by atoms with Crippen molar-refractivity contribution < 1.29 is 14.3 Å². The third kappa shape index (κ3) is 4.04. The summed E-state index contributed by atoms with van der Waals surface area (Å²) in [5.74, 6) is 1.22. The molecule has 2 aromatic rings. The first-order chi connectivity index (χ1) is 11.5. The summed E-state index contributed by atoms with van der Waals surface area (Å²) < 4.78 is 11.6. The van der Waals surface area contributed by atoms with Gasteiger partial charge in [-0.25, -0.2) is 0 Å². The summed E-state index contributed by atoms with van der Waals surface area (Å²) >= 11 is 0. The molecule has 126 valence electrons. The van der Waals surface area contributed by atoms with E-state index >= 15 is 0 Å². The summed E-state index contributed by atoms with van der Waals surface area (Å²) in [6, 6.07) is 11.5. The van der Waals surface area contributed by atoms with Crippen LogP contribution in [0, 0.1) is 0 Å². The van der Waals surface area contributed by atoms with E-state index in [2.05, 4.69) is 10.3 Å². The van der Waals surface area contributed by atoms with E-state index in [9.17, 15) is 4.79 Å². The minimum atomic E-state index is -0.229. The third-order valence-electron chi connectivity index (χ3n) is 3.84. The number of pyridine rings is 1. The molecule has 0 saturated heterocycles. The number of carbonyl (C=O) groups is 1. The van der Waals surface area contributed by atoms with Crippen molar-refractivity contribution in [3.8, 4) is 11.5 Å². The molecule has 0 unspecified atom stereocenters. The quantitative estimate of drug-likeness (QED) is 0.886. The Hall–Kier alpha value is -2.56. The molecule has 1 N–H and O–H groups in total. The molecule has 0 atom stereocenters. The summed E-state index contributed by atoms with van der Waals surface area (Å²) in [6.07, 6.45) is 3.29. The SMILES string of the molecule is CC1(C)Cc2cccc(OCC(=O)NCCc3ccccn3)c2O1. The molecule has 5 heteroatoms. The Balaban J connectivity index is 1.48. The zero-order chi connectivity index (χ0) is 17.0. The van der Waals surface area contributed by atoms with Crippen LogP contribution >= 0.6 is 0 Å². The summed E-state index contributed by atoms with van der Waals surface area (Å²) in [5, 5.41) is 2.84. The molecule has 2 heterocycles. The number of ether oxygens (including phenoxy) is 2. The van der Waals surface area contributed by atoms with Gasteiger partial charge in [-0.15, -0.1) is 0 Å². The number of benzene rings is 1. The Morgan fingerprint density at radius 3 is 2.96 bits per heavy atom. The van der Waals surface area contributed by atoms with E-state index in [1.807, 2.05) is 50.2 Å². The summed E-state index contributed by atoms with van der Waals surface area (Å²) in [5.41, 5.74) is 1.84. The van der Waals surface area contributed by atoms with E-state index in [4.69, 9.17) is 9.47 Å². The average Bonchev–Trinajstić information content (AvgIpc) is 2.88. The molecule has 0 radical (unpaired) electrons. The average molecular weight is 326 g/mol. The van der Waals surface area contributed by atoms with Crippen LogP contribution in [0.3, 0.4) is 0 Å². The zero-order valence-electron chi connectivity index (χ0n) is 14.0. The molecule has 0 fully saturated rings. The van der Waals surface area contributed by atoms with E-state index in [0.29, 0.717) is 18.7 Å². The molecule has 0 aliphatic carbocycles. The van der Waals surface area contributed by atoms with Gasteiger partial charge >= 0.3 is 0 Å². The number of nitrogens with zero attached hydrogens (tertiary/aromatic N) is 1. The first-order valence-corrected chi connectivity index (χ1v) is 8.14. The van der Waals surface area contributed by atoms with Crippen LogP contribution in [0.4, 0.5) is 0 Å². The van der Waals surface area contributed by atoms with Crippen molar-refractivity contribution in [2.24, 2.45) is 0 Å². The topological polar surface area (TPSA) is 60.5 Å². The van der Waals surface area contributed by atoms with Crippen molar-refractivity contribution >= 4 is 5.91 Å². The molecule has 1 aromatic carbocycles. The second-order valence-electron chi connectivity index (χ2n) is 6.49. The highest BCUT2D eigenvalue weighted by Gasteiger charge is 2.32. The molecular weight excluding hydrogens is 304 g/mol. The van der Waals surface area contributed by atoms with Gasteiger partial charge in [0.25, 0.3) is 5.91 Å². The van der Waals surface area contributed by atoms with Crippen molar-refractivity contribution in [3.05, 3.63) is 53.9 Å². The minimum Gasteiger partial charge on any atom is -0.483 e. The fraction of sp³-hybridized carbons (Fsp3) is 0.368. The van der Waals surface area contributed by atoms with E-state index < -0.39 is 0 Å². The Bertz CT molecular complexity index is 714. The van der Waals surface area contributed by atoms with Crippen molar-refractivity contribution in [2.45, 2.75) is 32.3 Å². The van der Waals surface area contributed by atoms with Gasteiger partial charge in [0.1, 0.15) is 5.60 Å². The van der Waals surface area contributed by atoms with Crippen molar-refractivity contribution in [1.29, 1.82) is 0 Å². The second-order valence-corrected chi connectivity index (χ2v) is 6.49. The van der Waals surface area contributed by atoms with Crippen LogP contribution in [-0.2, 0) is 17.6 Å². The Labute approximate surface area is 142 Å². The lowest BCUT2D eigenvalue weighted by molar-refractivity contribution is -0.123. The minimum absolute atomic E-state index is 0.0253. The lowest BCUT2D eigenvalue weighted by atomic mass is 10.0. The lowest BCUT2D eigenvalue weighted by Crippen LogP contribution is -2.30. The predicted octanol–water partition coefficient (Wildman–Crippen LogP) is 2.53. The first kappa shape index (κ1) is 16.3. The smallest absolute Gasteiger partial charge is 0.257 e. The van der Waals surface area contributed by atoms with Gasteiger partial charge in [-0.2, -0.15) is 0 Å². The van der Waals surface area contributed by atoms with E-state index in [1.165, 1.54) is 0 Å². The molecule has 1 aliphatic rings. The maximum atomic E-state index is 11.9. The zero-order valence-corrected chi connectivity index (χ0v) is 14.0. The van der Waals surface area contributed by atoms with Gasteiger partial charge in [-0.05, 0) is 32.0 Å². The molecule has 0 saturated carbocycles. The molecule has 5 nitrogen and oxygen atoms in total. The predicted molar refractivity (Wildman–Crippen MR) is 91.3 cm³/mol. The normalized spacial score (nSPS) is 14.6. The third-order valence-corrected chi connectivity index (χ3v) is 3.84. The Kier molecular flexibility index (Phi) is 4.69. The number of rotatable bonds is 6. The number of hydrogen-bond donors (Lipinski definition) is 1. The van der Waals surface area contributed by atoms with Gasteiger partial charge in [0, 0.05) is 36.8 Å². The van der Waals surface area contributed by atoms with Crippen LogP contribution in [-0.4, -0.2) is 29.6 Å². The van der Waals surface area contributed by atoms with Gasteiger partial charge in [0.05, 0.1) is 0 Å². The monoisotopic (exact) mass is 326 g/mol. The van der Waals surface area contributed by atoms with Gasteiger partial charge in [0.15, 0.2) is 18.1 Å². The maximum Gasteiger partial charge on any atom is 0.257 e. The number of aromatic nitrogens is 1. The van der Waals surface area contributed by atoms with Gasteiger partial charge in [0.2, 0.25) is 0 Å². The van der Waals surface area contributed by atoms with Crippen LogP contribution in [0.15, 0.2) is 42.6 Å². The number of nitrogens with one attached hydrogen (secondary N) is 1. The molecular formula is C19H22N2O3. The van der Waals surface area contributed by atoms with Crippen LogP contribution in [0.25, 0.3) is 0 Å². The molecule has 24 heavy (non-hydrogen) atoms. The fourth-order valence-corrected chi connectivity index (χ4v) is 2.77. The molecule has 1 amide bonds. The van der Waals surface area contributed by atoms with E-state index in [1.54, 1.807) is 6.20 Å². The maximum absolute atomic E-state index is 11.9. The molecule has 1 aliphatic heterocycles. The standard InChI is InChI=1S/C19H22N2O3/c1-19(2)12-14-6-5-8-16(18(14)24-19)23-13-17(22)21-11-9-15-7-3-4-10-20-15/h3-8,10H,9,11-13H2,1-2H3,(H,21,22). The van der Waals surface area contributed by atoms with Crippen molar-refractivity contribution in [2.75, 3.05) is 13.2 Å². The van der Waals surface area contributed by atoms with Crippen LogP contribution in [0.1, 0.15) is 25.1 Å². The van der Waals surface area contributed by atoms with Gasteiger partial charge in [-0.3, -0.25) is 9.78 Å². The highest BCUT2D eigenvalue weighted by molar-refractivity contribution is 5.77. The number of fused-ring (bicyclic) bond motifs is 1. The lowest BCUT2D eigenvalue weighted by Gasteiger charge is -2.18. The highest BCUT2D eigenvalue weighted by Crippen LogP contribution is 2.41. The molecule has 0 bridgehead atoms. The number of carbonyl (C=O) groups excluding carboxylic acids is 1. The summed E-state index contributed by atoms with van der Waals surface area (Å²) in [6.45, 7) is 4.60. The summed E-state index contributed by atoms with van der Waals surface area (Å²) in [4.78, 5) is 16.2. The van der Waals surface area contributed by atoms with Crippen LogP contribution in [0.2, 0.25) is 0 Å². The molecule has 1 aromatic heterocycles. The second kappa shape index (κ2) is 6.91. The van der Waals surface area contributed by atoms with Crippen molar-refractivity contribution in [3.63, 3.8) is 0 Å². The van der Waals surface area contributed by atoms with E-state index in [0.717, 1.165) is 23.4 Å². The molecule has 3 rings (SSSR count). The van der Waals surface area contributed by atoms with Gasteiger partial charge in [-0.1, -0.05) is 18.2 Å². The van der Waals surface area contributed by atoms with Crippen LogP contribution in [0.5, 0.6) is 11.5 Å². The fourth-order valence-electron chi connectivity index (χ4n) is 2.77. The molecule has 0 spiro atoms. The number of para-hydroxylation sites is 1. The number of hydrogen-bond acceptors (Lipinski definition) is 4. The van der Waals surface area contributed by atoms with Crippen molar-refractivity contribution in [1.82, 2.24) is 10.3 Å². The summed E-state index contributed by atoms with van der Waals surface area (Å²) in [7, 11) is 0. The first-order valence-electron chi connectivity index (χ1n) is 8.14. The van der Waals surface area contributed by atoms with Crippen LogP contribution < -0.4 is 14.8 Å².